The summed E-state index contributed by atoms with van der Waals surface area (Å²) in [6.45, 7) is 8.87. The second kappa shape index (κ2) is 10.2. The summed E-state index contributed by atoms with van der Waals surface area (Å²) in [6.07, 6.45) is 3.69. The first kappa shape index (κ1) is 20.3. The van der Waals surface area contributed by atoms with Crippen molar-refractivity contribution in [1.82, 2.24) is 4.67 Å². The molecule has 1 fully saturated rings. The van der Waals surface area contributed by atoms with Crippen molar-refractivity contribution in [3.63, 3.8) is 0 Å². The minimum absolute atomic E-state index is 0.0214. The zero-order chi connectivity index (χ0) is 17.4. The number of nitrogens with two attached hydrogens (primary N) is 1. The Morgan fingerprint density at radius 3 is 2.26 bits per heavy atom. The van der Waals surface area contributed by atoms with Crippen LogP contribution in [0, 0.1) is 17.2 Å². The van der Waals surface area contributed by atoms with Crippen LogP contribution in [0.2, 0.25) is 0 Å². The van der Waals surface area contributed by atoms with Gasteiger partial charge in [-0.2, -0.15) is 5.26 Å². The molecule has 0 aromatic rings. The van der Waals surface area contributed by atoms with Crippen LogP contribution in [0.1, 0.15) is 59.8 Å². The fraction of sp³-hybridized carbons (Fsp3) is 0.875. The van der Waals surface area contributed by atoms with E-state index in [4.69, 9.17) is 20.0 Å². The minimum Gasteiger partial charge on any atom is -0.369 e. The van der Waals surface area contributed by atoms with E-state index in [1.807, 2.05) is 0 Å². The van der Waals surface area contributed by atoms with E-state index in [1.165, 1.54) is 0 Å². The molecule has 0 saturated heterocycles. The Morgan fingerprint density at radius 1 is 1.26 bits per heavy atom. The average molecular weight is 343 g/mol. The molecule has 7 heteroatoms. The van der Waals surface area contributed by atoms with Crippen molar-refractivity contribution < 1.29 is 13.8 Å². The van der Waals surface area contributed by atoms with Gasteiger partial charge in [0.05, 0.1) is 25.2 Å². The first-order valence-corrected chi connectivity index (χ1v) is 9.54. The molecule has 1 atom stereocenters. The van der Waals surface area contributed by atoms with Gasteiger partial charge in [0.25, 0.3) is 8.53 Å². The van der Waals surface area contributed by atoms with E-state index in [-0.39, 0.29) is 17.9 Å². The number of primary amides is 1. The lowest BCUT2D eigenvalue weighted by atomic mass is 9.87. The van der Waals surface area contributed by atoms with Gasteiger partial charge >= 0.3 is 0 Å². The number of carbonyl (C=O) groups excluding carboxylic acids is 1. The van der Waals surface area contributed by atoms with E-state index < -0.39 is 8.53 Å². The van der Waals surface area contributed by atoms with Gasteiger partial charge in [-0.15, -0.1) is 0 Å². The summed E-state index contributed by atoms with van der Waals surface area (Å²) in [4.78, 5) is 11.3. The Kier molecular flexibility index (Phi) is 9.01. The van der Waals surface area contributed by atoms with E-state index in [9.17, 15) is 4.79 Å². The van der Waals surface area contributed by atoms with E-state index in [1.54, 1.807) is 0 Å². The molecule has 0 aromatic heterocycles. The SMILES string of the molecule is CC(C)N(C(C)C)P(OCCC#N)O[C@H]1CC[C@H](C(N)=O)CC1. The molecule has 0 aromatic carbocycles. The third-order valence-electron chi connectivity index (χ3n) is 3.98. The molecule has 132 valence electrons. The Labute approximate surface area is 141 Å². The Bertz CT molecular complexity index is 396. The maximum atomic E-state index is 11.3. The van der Waals surface area contributed by atoms with Crippen molar-refractivity contribution in [3.8, 4) is 6.07 Å². The number of carbonyl (C=O) groups is 1. The molecule has 0 bridgehead atoms. The first-order chi connectivity index (χ1) is 10.9. The first-order valence-electron chi connectivity index (χ1n) is 8.41. The lowest BCUT2D eigenvalue weighted by Crippen LogP contribution is -2.36. The normalized spacial score (nSPS) is 23.2. The van der Waals surface area contributed by atoms with Gasteiger partial charge in [-0.25, -0.2) is 4.67 Å². The minimum atomic E-state index is -1.20. The second-order valence-electron chi connectivity index (χ2n) is 6.53. The standard InChI is InChI=1S/C16H30N3O3P/c1-12(2)19(13(3)4)23(21-11-5-10-17)22-15-8-6-14(7-9-15)16(18)20/h12-15H,5-9,11H2,1-4H3,(H2,18,20)/t14-,15-,23?. The van der Waals surface area contributed by atoms with Gasteiger partial charge in [0.2, 0.25) is 5.91 Å². The summed E-state index contributed by atoms with van der Waals surface area (Å²) in [5, 5.41) is 8.72. The van der Waals surface area contributed by atoms with Crippen molar-refractivity contribution in [3.05, 3.63) is 0 Å². The fourth-order valence-corrected chi connectivity index (χ4v) is 4.65. The van der Waals surface area contributed by atoms with Crippen molar-refractivity contribution in [1.29, 1.82) is 5.26 Å². The molecule has 6 nitrogen and oxygen atoms in total. The van der Waals surface area contributed by atoms with Crippen LogP contribution in [-0.4, -0.2) is 35.4 Å². The lowest BCUT2D eigenvalue weighted by molar-refractivity contribution is -0.123. The summed E-state index contributed by atoms with van der Waals surface area (Å²) in [5.74, 6) is -0.228. The number of nitriles is 1. The van der Waals surface area contributed by atoms with Crippen molar-refractivity contribution in [2.24, 2.45) is 11.7 Å². The molecule has 2 N–H and O–H groups in total. The van der Waals surface area contributed by atoms with Crippen LogP contribution in [0.25, 0.3) is 0 Å². The zero-order valence-corrected chi connectivity index (χ0v) is 15.6. The largest absolute Gasteiger partial charge is 0.369 e. The van der Waals surface area contributed by atoms with E-state index in [0.29, 0.717) is 25.1 Å². The maximum Gasteiger partial charge on any atom is 0.259 e. The number of nitrogens with zero attached hydrogens (tertiary/aromatic N) is 2. The summed E-state index contributed by atoms with van der Waals surface area (Å²) in [6, 6.07) is 2.70. The highest BCUT2D eigenvalue weighted by atomic mass is 31.2. The molecule has 1 unspecified atom stereocenters. The molecule has 0 radical (unpaired) electrons. The van der Waals surface area contributed by atoms with Crippen molar-refractivity contribution in [2.45, 2.75) is 78.0 Å². The smallest absolute Gasteiger partial charge is 0.259 e. The van der Waals surface area contributed by atoms with E-state index in [2.05, 4.69) is 38.4 Å². The van der Waals surface area contributed by atoms with E-state index in [0.717, 1.165) is 25.7 Å². The molecule has 0 aliphatic heterocycles. The second-order valence-corrected chi connectivity index (χ2v) is 7.93. The number of amides is 1. The van der Waals surface area contributed by atoms with Crippen molar-refractivity contribution >= 4 is 14.4 Å². The summed E-state index contributed by atoms with van der Waals surface area (Å²) < 4.78 is 14.4. The van der Waals surface area contributed by atoms with Gasteiger partial charge in [-0.3, -0.25) is 4.79 Å². The molecular weight excluding hydrogens is 313 g/mol. The quantitative estimate of drug-likeness (QED) is 0.512. The van der Waals surface area contributed by atoms with Crippen molar-refractivity contribution in [2.75, 3.05) is 6.61 Å². The molecule has 1 rings (SSSR count). The third kappa shape index (κ3) is 6.73. The lowest BCUT2D eigenvalue weighted by Gasteiger charge is -2.38. The van der Waals surface area contributed by atoms with Crippen LogP contribution in [-0.2, 0) is 13.8 Å². The molecular formula is C16H30N3O3P. The fourth-order valence-electron chi connectivity index (χ4n) is 2.87. The summed E-state index contributed by atoms with van der Waals surface area (Å²) in [7, 11) is -1.20. The summed E-state index contributed by atoms with van der Waals surface area (Å²) >= 11 is 0. The van der Waals surface area contributed by atoms with Crippen LogP contribution in [0.4, 0.5) is 0 Å². The van der Waals surface area contributed by atoms with Crippen LogP contribution < -0.4 is 5.73 Å². The number of rotatable bonds is 9. The van der Waals surface area contributed by atoms with Crippen LogP contribution in [0.5, 0.6) is 0 Å². The molecule has 0 spiro atoms. The topological polar surface area (TPSA) is 88.6 Å². The zero-order valence-electron chi connectivity index (χ0n) is 14.7. The van der Waals surface area contributed by atoms with Gasteiger partial charge in [-0.1, -0.05) is 0 Å². The van der Waals surface area contributed by atoms with Gasteiger partial charge in [0.15, 0.2) is 0 Å². The summed E-state index contributed by atoms with van der Waals surface area (Å²) in [5.41, 5.74) is 5.38. The number of hydrogen-bond donors (Lipinski definition) is 1. The highest BCUT2D eigenvalue weighted by Crippen LogP contribution is 2.48. The molecule has 1 aliphatic rings. The predicted molar refractivity (Wildman–Crippen MR) is 91.2 cm³/mol. The Morgan fingerprint density at radius 2 is 1.83 bits per heavy atom. The van der Waals surface area contributed by atoms with Gasteiger partial charge in [0, 0.05) is 18.0 Å². The van der Waals surface area contributed by atoms with Gasteiger partial charge < -0.3 is 14.8 Å². The molecule has 0 heterocycles. The van der Waals surface area contributed by atoms with Gasteiger partial charge in [0.1, 0.15) is 0 Å². The third-order valence-corrected chi connectivity index (χ3v) is 6.16. The van der Waals surface area contributed by atoms with Crippen LogP contribution in [0.3, 0.4) is 0 Å². The Balaban J connectivity index is 2.65. The molecule has 23 heavy (non-hydrogen) atoms. The van der Waals surface area contributed by atoms with E-state index >= 15 is 0 Å². The predicted octanol–water partition coefficient (Wildman–Crippen LogP) is 3.32. The number of hydrogen-bond acceptors (Lipinski definition) is 5. The Hall–Kier alpha value is -0.730. The molecule has 1 amide bonds. The maximum absolute atomic E-state index is 11.3. The highest BCUT2D eigenvalue weighted by molar-refractivity contribution is 7.44. The molecule has 1 saturated carbocycles. The van der Waals surface area contributed by atoms with Crippen LogP contribution in [0.15, 0.2) is 0 Å². The molecule has 1 aliphatic carbocycles. The van der Waals surface area contributed by atoms with Gasteiger partial charge in [-0.05, 0) is 53.4 Å². The average Bonchev–Trinajstić information content (AvgIpc) is 2.47. The highest BCUT2D eigenvalue weighted by Gasteiger charge is 2.32. The van der Waals surface area contributed by atoms with Crippen LogP contribution >= 0.6 is 8.53 Å². The monoisotopic (exact) mass is 343 g/mol.